The van der Waals surface area contributed by atoms with Gasteiger partial charge < -0.3 is 10.4 Å². The van der Waals surface area contributed by atoms with Crippen LogP contribution in [0.4, 0.5) is 15.0 Å². The van der Waals surface area contributed by atoms with Gasteiger partial charge in [-0.1, -0.05) is 19.1 Å². The molecule has 1 unspecified atom stereocenters. The van der Waals surface area contributed by atoms with Crippen LogP contribution in [0.25, 0.3) is 0 Å². The number of halogens is 1. The van der Waals surface area contributed by atoms with E-state index in [-0.39, 0.29) is 12.4 Å². The quantitative estimate of drug-likeness (QED) is 0.790. The number of rotatable bonds is 5. The molecule has 0 aliphatic heterocycles. The zero-order valence-electron chi connectivity index (χ0n) is 13.4. The van der Waals surface area contributed by atoms with E-state index in [9.17, 15) is 14.3 Å². The molecule has 7 heteroatoms. The molecule has 2 amide bonds. The molecule has 3 N–H and O–H groups in total. The van der Waals surface area contributed by atoms with Crippen molar-refractivity contribution in [2.24, 2.45) is 7.05 Å². The standard InChI is InChI=1S/C16H21FN4O2/c1-4-13-9-14(21(3)20-13)19-15(22)18-10-16(2,23)11-5-7-12(17)8-6-11/h5-9,23H,4,10H2,1-3H3,(H2,18,19,22). The van der Waals surface area contributed by atoms with Crippen LogP contribution in [-0.2, 0) is 19.1 Å². The number of urea groups is 1. The molecule has 1 aromatic carbocycles. The van der Waals surface area contributed by atoms with Gasteiger partial charge in [-0.25, -0.2) is 9.18 Å². The molecular weight excluding hydrogens is 299 g/mol. The van der Waals surface area contributed by atoms with E-state index in [2.05, 4.69) is 15.7 Å². The first-order valence-corrected chi connectivity index (χ1v) is 7.38. The van der Waals surface area contributed by atoms with Gasteiger partial charge in [0.2, 0.25) is 0 Å². The molecule has 0 radical (unpaired) electrons. The highest BCUT2D eigenvalue weighted by Crippen LogP contribution is 2.20. The molecule has 1 aromatic heterocycles. The Kier molecular flexibility index (Phi) is 5.00. The molecule has 0 saturated heterocycles. The molecule has 0 bridgehead atoms. The van der Waals surface area contributed by atoms with Crippen LogP contribution < -0.4 is 10.6 Å². The maximum Gasteiger partial charge on any atom is 0.320 e. The molecule has 0 spiro atoms. The summed E-state index contributed by atoms with van der Waals surface area (Å²) in [5.74, 6) is 0.193. The van der Waals surface area contributed by atoms with Gasteiger partial charge in [0.1, 0.15) is 17.2 Å². The largest absolute Gasteiger partial charge is 0.384 e. The third-order valence-corrected chi connectivity index (χ3v) is 3.59. The number of anilines is 1. The number of benzene rings is 1. The van der Waals surface area contributed by atoms with Gasteiger partial charge in [0.25, 0.3) is 0 Å². The summed E-state index contributed by atoms with van der Waals surface area (Å²) < 4.78 is 14.5. The lowest BCUT2D eigenvalue weighted by atomic mass is 9.96. The van der Waals surface area contributed by atoms with Crippen LogP contribution in [0.1, 0.15) is 25.1 Å². The van der Waals surface area contributed by atoms with Crippen LogP contribution in [0.2, 0.25) is 0 Å². The van der Waals surface area contributed by atoms with Gasteiger partial charge in [0, 0.05) is 13.1 Å². The van der Waals surface area contributed by atoms with Crippen LogP contribution in [0, 0.1) is 5.82 Å². The van der Waals surface area contributed by atoms with E-state index in [1.165, 1.54) is 24.3 Å². The minimum Gasteiger partial charge on any atom is -0.384 e. The number of carbonyl (C=O) groups excluding carboxylic acids is 1. The maximum absolute atomic E-state index is 12.9. The lowest BCUT2D eigenvalue weighted by Gasteiger charge is -2.24. The van der Waals surface area contributed by atoms with Gasteiger partial charge in [-0.3, -0.25) is 10.00 Å². The highest BCUT2D eigenvalue weighted by atomic mass is 19.1. The van der Waals surface area contributed by atoms with Crippen molar-refractivity contribution in [1.82, 2.24) is 15.1 Å². The molecule has 0 fully saturated rings. The summed E-state index contributed by atoms with van der Waals surface area (Å²) in [5.41, 5.74) is 0.0978. The van der Waals surface area contributed by atoms with Crippen molar-refractivity contribution in [2.45, 2.75) is 25.9 Å². The summed E-state index contributed by atoms with van der Waals surface area (Å²) in [5, 5.41) is 19.9. The number of nitrogens with zero attached hydrogens (tertiary/aromatic N) is 2. The van der Waals surface area contributed by atoms with E-state index in [1.807, 2.05) is 6.92 Å². The third-order valence-electron chi connectivity index (χ3n) is 3.59. The van der Waals surface area contributed by atoms with E-state index < -0.39 is 11.6 Å². The number of amides is 2. The highest BCUT2D eigenvalue weighted by molar-refractivity contribution is 5.88. The maximum atomic E-state index is 12.9. The minimum absolute atomic E-state index is 0.0110. The second-order valence-electron chi connectivity index (χ2n) is 5.59. The lowest BCUT2D eigenvalue weighted by molar-refractivity contribution is 0.0599. The Labute approximate surface area is 134 Å². The Morgan fingerprint density at radius 2 is 2.04 bits per heavy atom. The molecule has 124 valence electrons. The molecular formula is C16H21FN4O2. The SMILES string of the molecule is CCc1cc(NC(=O)NCC(C)(O)c2ccc(F)cc2)n(C)n1. The van der Waals surface area contributed by atoms with Crippen LogP contribution in [0.5, 0.6) is 0 Å². The first-order chi connectivity index (χ1) is 10.8. The van der Waals surface area contributed by atoms with Crippen molar-refractivity contribution in [2.75, 3.05) is 11.9 Å². The minimum atomic E-state index is -1.30. The zero-order valence-corrected chi connectivity index (χ0v) is 13.4. The molecule has 1 atom stereocenters. The molecule has 2 aromatic rings. The molecule has 1 heterocycles. The molecule has 23 heavy (non-hydrogen) atoms. The van der Waals surface area contributed by atoms with Gasteiger partial charge in [0.15, 0.2) is 0 Å². The summed E-state index contributed by atoms with van der Waals surface area (Å²) in [6.45, 7) is 3.52. The predicted octanol–water partition coefficient (Wildman–Crippen LogP) is 2.15. The van der Waals surface area contributed by atoms with Crippen LogP contribution in [-0.4, -0.2) is 27.5 Å². The normalized spacial score (nSPS) is 13.4. The number of carbonyl (C=O) groups is 1. The number of aliphatic hydroxyl groups is 1. The third kappa shape index (κ3) is 4.29. The van der Waals surface area contributed by atoms with Crippen molar-refractivity contribution >= 4 is 11.8 Å². The number of aryl methyl sites for hydroxylation is 2. The van der Waals surface area contributed by atoms with Gasteiger partial charge in [-0.2, -0.15) is 5.10 Å². The Morgan fingerprint density at radius 3 is 2.61 bits per heavy atom. The smallest absolute Gasteiger partial charge is 0.320 e. The molecule has 0 aliphatic rings. The monoisotopic (exact) mass is 320 g/mol. The molecule has 2 rings (SSSR count). The Morgan fingerprint density at radius 1 is 1.39 bits per heavy atom. The van der Waals surface area contributed by atoms with E-state index >= 15 is 0 Å². The highest BCUT2D eigenvalue weighted by Gasteiger charge is 2.24. The van der Waals surface area contributed by atoms with Crippen LogP contribution in [0.15, 0.2) is 30.3 Å². The Balaban J connectivity index is 1.95. The van der Waals surface area contributed by atoms with Crippen LogP contribution in [0.3, 0.4) is 0 Å². The summed E-state index contributed by atoms with van der Waals surface area (Å²) in [6, 6.07) is 6.86. The average Bonchev–Trinajstić information content (AvgIpc) is 2.86. The zero-order chi connectivity index (χ0) is 17.0. The van der Waals surface area contributed by atoms with Crippen molar-refractivity contribution in [3.63, 3.8) is 0 Å². The molecule has 0 saturated carbocycles. The fraction of sp³-hybridized carbons (Fsp3) is 0.375. The first-order valence-electron chi connectivity index (χ1n) is 7.38. The van der Waals surface area contributed by atoms with E-state index in [0.717, 1.165) is 12.1 Å². The summed E-state index contributed by atoms with van der Waals surface area (Å²) >= 11 is 0. The van der Waals surface area contributed by atoms with Gasteiger partial charge in [-0.05, 0) is 31.0 Å². The summed E-state index contributed by atoms with van der Waals surface area (Å²) in [7, 11) is 1.74. The summed E-state index contributed by atoms with van der Waals surface area (Å²) in [4.78, 5) is 12.0. The van der Waals surface area contributed by atoms with Crippen molar-refractivity contribution in [3.05, 3.63) is 47.4 Å². The fourth-order valence-corrected chi connectivity index (χ4v) is 2.14. The number of hydrogen-bond donors (Lipinski definition) is 3. The van der Waals surface area contributed by atoms with Gasteiger partial charge in [-0.15, -0.1) is 0 Å². The topological polar surface area (TPSA) is 79.2 Å². The van der Waals surface area contributed by atoms with Crippen molar-refractivity contribution in [3.8, 4) is 0 Å². The lowest BCUT2D eigenvalue weighted by Crippen LogP contribution is -2.40. The number of hydrogen-bond acceptors (Lipinski definition) is 3. The second-order valence-corrected chi connectivity index (χ2v) is 5.59. The van der Waals surface area contributed by atoms with E-state index in [1.54, 1.807) is 24.7 Å². The van der Waals surface area contributed by atoms with Gasteiger partial charge in [0.05, 0.1) is 12.2 Å². The van der Waals surface area contributed by atoms with Crippen molar-refractivity contribution in [1.29, 1.82) is 0 Å². The second kappa shape index (κ2) is 6.78. The van der Waals surface area contributed by atoms with E-state index in [0.29, 0.717) is 11.4 Å². The van der Waals surface area contributed by atoms with Crippen LogP contribution >= 0.6 is 0 Å². The van der Waals surface area contributed by atoms with Gasteiger partial charge >= 0.3 is 6.03 Å². The average molecular weight is 320 g/mol. The first kappa shape index (κ1) is 17.0. The number of nitrogens with one attached hydrogen (secondary N) is 2. The predicted molar refractivity (Wildman–Crippen MR) is 85.6 cm³/mol. The van der Waals surface area contributed by atoms with E-state index in [4.69, 9.17) is 0 Å². The molecule has 6 nitrogen and oxygen atoms in total. The fourth-order valence-electron chi connectivity index (χ4n) is 2.14. The Hall–Kier alpha value is -2.41. The summed E-state index contributed by atoms with van der Waals surface area (Å²) in [6.07, 6.45) is 0.774. The molecule has 0 aliphatic carbocycles. The van der Waals surface area contributed by atoms with Crippen molar-refractivity contribution < 1.29 is 14.3 Å². The Bertz CT molecular complexity index is 680. The number of aromatic nitrogens is 2.